The number of carbonyl (C=O) groups excluding carboxylic acids is 1. The number of fused-ring (bicyclic) bond motifs is 1. The summed E-state index contributed by atoms with van der Waals surface area (Å²) < 4.78 is 12.9. The molecular weight excluding hydrogens is 440 g/mol. The van der Waals surface area contributed by atoms with Crippen molar-refractivity contribution in [3.05, 3.63) is 71.7 Å². The van der Waals surface area contributed by atoms with Gasteiger partial charge in [-0.05, 0) is 37.5 Å². The number of hydrogen-bond acceptors (Lipinski definition) is 5. The van der Waals surface area contributed by atoms with Crippen molar-refractivity contribution in [3.63, 3.8) is 0 Å². The molecule has 0 unspecified atom stereocenters. The van der Waals surface area contributed by atoms with Gasteiger partial charge in [0.15, 0.2) is 0 Å². The number of piperidine rings is 1. The van der Waals surface area contributed by atoms with Crippen LogP contribution in [0.1, 0.15) is 36.8 Å². The summed E-state index contributed by atoms with van der Waals surface area (Å²) in [6.07, 6.45) is 2.57. The summed E-state index contributed by atoms with van der Waals surface area (Å²) in [5.74, 6) is 1.98. The number of aromatic nitrogens is 2. The van der Waals surface area contributed by atoms with Crippen molar-refractivity contribution in [2.45, 2.75) is 45.3 Å². The number of ether oxygens (including phenoxy) is 2. The van der Waals surface area contributed by atoms with Gasteiger partial charge in [-0.15, -0.1) is 0 Å². The first kappa shape index (κ1) is 23.4. The molecule has 2 aliphatic rings. The zero-order valence-electron chi connectivity index (χ0n) is 20.7. The minimum absolute atomic E-state index is 0.183. The van der Waals surface area contributed by atoms with Crippen LogP contribution in [0.3, 0.4) is 0 Å². The number of carbonyl (C=O) groups is 1. The summed E-state index contributed by atoms with van der Waals surface area (Å²) in [6, 6.07) is 19.2. The Morgan fingerprint density at radius 1 is 1.00 bits per heavy atom. The molecule has 0 bridgehead atoms. The average Bonchev–Trinajstić information content (AvgIpc) is 3.27. The molecule has 1 fully saturated rings. The van der Waals surface area contributed by atoms with Crippen LogP contribution in [-0.4, -0.2) is 64.8 Å². The molecule has 1 amide bonds. The molecule has 0 saturated carbocycles. The standard InChI is InChI=1S/C28H34N4O3/c1-3-35-28(33)30-15-13-23(14-16-30)31-17-18-32-25(20-31)27(22-7-5-4-6-8-22)29-26(32)19-21-9-11-24(34-2)12-10-21/h4-12,23H,3,13-20H2,1-2H3. The van der Waals surface area contributed by atoms with Gasteiger partial charge in [-0.2, -0.15) is 0 Å². The fourth-order valence-corrected chi connectivity index (χ4v) is 5.29. The lowest BCUT2D eigenvalue weighted by molar-refractivity contribution is 0.0658. The summed E-state index contributed by atoms with van der Waals surface area (Å²) in [5, 5.41) is 0. The van der Waals surface area contributed by atoms with Gasteiger partial charge in [0.1, 0.15) is 11.6 Å². The van der Waals surface area contributed by atoms with Crippen LogP contribution in [0, 0.1) is 0 Å². The second-order valence-electron chi connectivity index (χ2n) is 9.25. The van der Waals surface area contributed by atoms with Crippen LogP contribution in [0.2, 0.25) is 0 Å². The van der Waals surface area contributed by atoms with Crippen LogP contribution in [-0.2, 0) is 24.2 Å². The van der Waals surface area contributed by atoms with Gasteiger partial charge in [-0.1, -0.05) is 42.5 Å². The lowest BCUT2D eigenvalue weighted by atomic mass is 10.0. The zero-order chi connectivity index (χ0) is 24.2. The van der Waals surface area contributed by atoms with Crippen molar-refractivity contribution in [2.75, 3.05) is 33.4 Å². The van der Waals surface area contributed by atoms with Crippen LogP contribution >= 0.6 is 0 Å². The summed E-state index contributed by atoms with van der Waals surface area (Å²) in [4.78, 5) is 21.7. The third kappa shape index (κ3) is 5.05. The van der Waals surface area contributed by atoms with Crippen molar-refractivity contribution >= 4 is 6.09 Å². The normalized spacial score (nSPS) is 16.7. The van der Waals surface area contributed by atoms with Gasteiger partial charge in [0, 0.05) is 50.7 Å². The Morgan fingerprint density at radius 2 is 1.74 bits per heavy atom. The predicted molar refractivity (Wildman–Crippen MR) is 135 cm³/mol. The second kappa shape index (κ2) is 10.5. The highest BCUT2D eigenvalue weighted by molar-refractivity contribution is 5.67. The van der Waals surface area contributed by atoms with Crippen LogP contribution in [0.15, 0.2) is 54.6 Å². The maximum atomic E-state index is 12.1. The van der Waals surface area contributed by atoms with E-state index in [1.807, 2.05) is 30.0 Å². The van der Waals surface area contributed by atoms with Gasteiger partial charge in [0.2, 0.25) is 0 Å². The number of benzene rings is 2. The number of nitrogens with zero attached hydrogens (tertiary/aromatic N) is 4. The molecule has 3 heterocycles. The topological polar surface area (TPSA) is 59.8 Å². The molecule has 1 aromatic heterocycles. The maximum absolute atomic E-state index is 12.1. The Hall–Kier alpha value is -3.32. The molecule has 0 aliphatic carbocycles. The van der Waals surface area contributed by atoms with Crippen molar-refractivity contribution in [3.8, 4) is 17.0 Å². The summed E-state index contributed by atoms with van der Waals surface area (Å²) >= 11 is 0. The third-order valence-electron chi connectivity index (χ3n) is 7.19. The number of imidazole rings is 1. The van der Waals surface area contributed by atoms with Crippen LogP contribution in [0.4, 0.5) is 4.79 Å². The Kier molecular flexibility index (Phi) is 7.04. The van der Waals surface area contributed by atoms with E-state index in [0.29, 0.717) is 12.6 Å². The average molecular weight is 475 g/mol. The molecule has 5 rings (SSSR count). The lowest BCUT2D eigenvalue weighted by Crippen LogP contribution is -2.49. The molecule has 2 aliphatic heterocycles. The van der Waals surface area contributed by atoms with Crippen molar-refractivity contribution < 1.29 is 14.3 Å². The highest BCUT2D eigenvalue weighted by Crippen LogP contribution is 2.31. The van der Waals surface area contributed by atoms with Crippen molar-refractivity contribution in [1.29, 1.82) is 0 Å². The van der Waals surface area contributed by atoms with Crippen molar-refractivity contribution in [1.82, 2.24) is 19.4 Å². The van der Waals surface area contributed by atoms with Gasteiger partial charge in [-0.25, -0.2) is 9.78 Å². The van der Waals surface area contributed by atoms with E-state index >= 15 is 0 Å². The molecule has 7 nitrogen and oxygen atoms in total. The quantitative estimate of drug-likeness (QED) is 0.523. The van der Waals surface area contributed by atoms with Gasteiger partial charge in [0.05, 0.1) is 25.1 Å². The molecular formula is C28H34N4O3. The number of rotatable bonds is 6. The molecule has 184 valence electrons. The largest absolute Gasteiger partial charge is 0.497 e. The number of hydrogen-bond donors (Lipinski definition) is 0. The number of amides is 1. The first-order valence-corrected chi connectivity index (χ1v) is 12.6. The van der Waals surface area contributed by atoms with E-state index in [4.69, 9.17) is 14.5 Å². The highest BCUT2D eigenvalue weighted by atomic mass is 16.6. The second-order valence-corrected chi connectivity index (χ2v) is 9.25. The first-order chi connectivity index (χ1) is 17.2. The van der Waals surface area contributed by atoms with Crippen LogP contribution in [0.25, 0.3) is 11.3 Å². The van der Waals surface area contributed by atoms with E-state index in [2.05, 4.69) is 45.9 Å². The van der Waals surface area contributed by atoms with Crippen LogP contribution in [0.5, 0.6) is 5.75 Å². The predicted octanol–water partition coefficient (Wildman–Crippen LogP) is 4.59. The molecule has 1 saturated heterocycles. The highest BCUT2D eigenvalue weighted by Gasteiger charge is 2.32. The van der Waals surface area contributed by atoms with Crippen LogP contribution < -0.4 is 4.74 Å². The molecule has 0 spiro atoms. The number of likely N-dealkylation sites (tertiary alicyclic amines) is 1. The van der Waals surface area contributed by atoms with E-state index in [9.17, 15) is 4.79 Å². The monoisotopic (exact) mass is 474 g/mol. The zero-order valence-corrected chi connectivity index (χ0v) is 20.7. The maximum Gasteiger partial charge on any atom is 0.409 e. The summed E-state index contributed by atoms with van der Waals surface area (Å²) in [7, 11) is 1.69. The fraction of sp³-hybridized carbons (Fsp3) is 0.429. The van der Waals surface area contributed by atoms with Gasteiger partial charge in [0.25, 0.3) is 0 Å². The van der Waals surface area contributed by atoms with Gasteiger partial charge < -0.3 is 18.9 Å². The Morgan fingerprint density at radius 3 is 2.43 bits per heavy atom. The smallest absolute Gasteiger partial charge is 0.409 e. The fourth-order valence-electron chi connectivity index (χ4n) is 5.29. The minimum atomic E-state index is -0.183. The molecule has 3 aromatic rings. The first-order valence-electron chi connectivity index (χ1n) is 12.6. The summed E-state index contributed by atoms with van der Waals surface area (Å²) in [5.41, 5.74) is 4.77. The minimum Gasteiger partial charge on any atom is -0.497 e. The number of methoxy groups -OCH3 is 1. The summed E-state index contributed by atoms with van der Waals surface area (Å²) in [6.45, 7) is 6.60. The molecule has 0 N–H and O–H groups in total. The van der Waals surface area contributed by atoms with Crippen molar-refractivity contribution in [2.24, 2.45) is 0 Å². The van der Waals surface area contributed by atoms with E-state index in [-0.39, 0.29) is 6.09 Å². The van der Waals surface area contributed by atoms with E-state index in [1.54, 1.807) is 7.11 Å². The molecule has 2 aromatic carbocycles. The molecule has 0 radical (unpaired) electrons. The van der Waals surface area contributed by atoms with Gasteiger partial charge >= 0.3 is 6.09 Å². The third-order valence-corrected chi connectivity index (χ3v) is 7.19. The lowest BCUT2D eigenvalue weighted by Gasteiger charge is -2.40. The van der Waals surface area contributed by atoms with E-state index < -0.39 is 0 Å². The Balaban J connectivity index is 1.36. The SMILES string of the molecule is CCOC(=O)N1CCC(N2CCn3c(Cc4ccc(OC)cc4)nc(-c4ccccc4)c3C2)CC1. The van der Waals surface area contributed by atoms with E-state index in [0.717, 1.165) is 74.8 Å². The molecule has 7 heteroatoms. The Bertz CT molecular complexity index is 1140. The molecule has 35 heavy (non-hydrogen) atoms. The van der Waals surface area contributed by atoms with E-state index in [1.165, 1.54) is 11.3 Å². The van der Waals surface area contributed by atoms with Gasteiger partial charge in [-0.3, -0.25) is 4.90 Å². The molecule has 0 atom stereocenters. The Labute approximate surface area is 207 Å².